The van der Waals surface area contributed by atoms with Gasteiger partial charge < -0.3 is 0 Å². The molecule has 0 aromatic heterocycles. The van der Waals surface area contributed by atoms with Gasteiger partial charge in [-0.05, 0) is 0 Å². The van der Waals surface area contributed by atoms with E-state index in [0.717, 1.165) is 14.7 Å². The molecule has 3 amide bonds. The van der Waals surface area contributed by atoms with E-state index in [-0.39, 0.29) is 17.7 Å². The van der Waals surface area contributed by atoms with Crippen LogP contribution in [-0.2, 0) is 0 Å². The predicted molar refractivity (Wildman–Crippen MR) is 183 cm³/mol. The van der Waals surface area contributed by atoms with E-state index in [2.05, 4.69) is 35.7 Å². The van der Waals surface area contributed by atoms with Crippen molar-refractivity contribution in [1.82, 2.24) is 16.0 Å². The number of amides is 3. The third kappa shape index (κ3) is 11.9. The van der Waals surface area contributed by atoms with Gasteiger partial charge in [0.15, 0.2) is 0 Å². The second kappa shape index (κ2) is 18.8. The molecule has 0 radical (unpaired) electrons. The third-order valence-corrected chi connectivity index (χ3v) is 25.4. The van der Waals surface area contributed by atoms with E-state index >= 15 is 0 Å². The number of rotatable bonds is 15. The summed E-state index contributed by atoms with van der Waals surface area (Å²) in [5.74, 6) is -0.571. The predicted octanol–water partition coefficient (Wildman–Crippen LogP) is 7.64. The summed E-state index contributed by atoms with van der Waals surface area (Å²) in [6.07, 6.45) is 14.4. The summed E-state index contributed by atoms with van der Waals surface area (Å²) in [5.41, 5.74) is 1.70. The summed E-state index contributed by atoms with van der Waals surface area (Å²) in [5, 5.41) is 8.13. The molecule has 218 valence electrons. The molecule has 10 heteroatoms. The minimum atomic E-state index is -2.26. The Kier molecular flexibility index (Phi) is 14.8. The van der Waals surface area contributed by atoms with Crippen LogP contribution in [0.25, 0.3) is 0 Å². The standard InChI is InChI=1S/3C11H11NOS.Sb/c3*1-2-3-8-12-11(13)9-4-6-10(14)7-5-9;/h3*2-8,14H,1H2,(H,12,13);/q;;;+3/p-3. The van der Waals surface area contributed by atoms with Crippen LogP contribution >= 0.6 is 26.5 Å². The number of hydrogen-bond acceptors (Lipinski definition) is 6. The molecule has 0 bridgehead atoms. The van der Waals surface area contributed by atoms with Gasteiger partial charge in [0, 0.05) is 0 Å². The van der Waals surface area contributed by atoms with E-state index in [9.17, 15) is 14.4 Å². The van der Waals surface area contributed by atoms with Gasteiger partial charge in [-0.3, -0.25) is 0 Å². The zero-order valence-electron chi connectivity index (χ0n) is 23.1. The van der Waals surface area contributed by atoms with Gasteiger partial charge in [-0.15, -0.1) is 0 Å². The quantitative estimate of drug-likeness (QED) is 0.110. The van der Waals surface area contributed by atoms with Gasteiger partial charge in [-0.1, -0.05) is 0 Å². The Morgan fingerprint density at radius 1 is 0.488 bits per heavy atom. The van der Waals surface area contributed by atoms with Crippen LogP contribution in [0.1, 0.15) is 31.1 Å². The monoisotopic (exact) mass is 733 g/mol. The number of benzene rings is 3. The van der Waals surface area contributed by atoms with Crippen molar-refractivity contribution >= 4 is 60.3 Å². The Balaban J connectivity index is 1.76. The average molecular weight is 735 g/mol. The van der Waals surface area contributed by atoms with Crippen molar-refractivity contribution in [3.63, 3.8) is 0 Å². The van der Waals surface area contributed by atoms with Crippen molar-refractivity contribution in [2.24, 2.45) is 0 Å². The molecule has 0 atom stereocenters. The average Bonchev–Trinajstić information content (AvgIpc) is 3.02. The van der Waals surface area contributed by atoms with Gasteiger partial charge in [-0.25, -0.2) is 0 Å². The van der Waals surface area contributed by atoms with Crippen LogP contribution in [0, 0.1) is 0 Å². The molecule has 0 fully saturated rings. The van der Waals surface area contributed by atoms with Crippen LogP contribution < -0.4 is 16.0 Å². The molecule has 0 aliphatic heterocycles. The van der Waals surface area contributed by atoms with Gasteiger partial charge >= 0.3 is 270 Å². The Morgan fingerprint density at radius 2 is 0.744 bits per heavy atom. The number of allylic oxidation sites excluding steroid dienone is 6. The fourth-order valence-electron chi connectivity index (χ4n) is 3.14. The van der Waals surface area contributed by atoms with Crippen LogP contribution in [0.2, 0.25) is 0 Å². The Bertz CT molecular complexity index is 1330. The van der Waals surface area contributed by atoms with Crippen molar-refractivity contribution in [2.75, 3.05) is 0 Å². The van der Waals surface area contributed by atoms with Crippen molar-refractivity contribution < 1.29 is 14.4 Å². The molecule has 3 N–H and O–H groups in total. The van der Waals surface area contributed by atoms with Gasteiger partial charge in [0.05, 0.1) is 0 Å². The molecule has 0 aliphatic rings. The summed E-state index contributed by atoms with van der Waals surface area (Å²) in [7, 11) is 5.47. The number of carbonyl (C=O) groups is 3. The molecule has 6 nitrogen and oxygen atoms in total. The second-order valence-corrected chi connectivity index (χ2v) is 28.2. The summed E-state index contributed by atoms with van der Waals surface area (Å²) in [6, 6.07) is 22.7. The maximum atomic E-state index is 12.4. The number of carbonyl (C=O) groups excluding carboxylic acids is 3. The summed E-state index contributed by atoms with van der Waals surface area (Å²) in [6.45, 7) is 10.8. The van der Waals surface area contributed by atoms with E-state index in [0.29, 0.717) is 16.7 Å². The van der Waals surface area contributed by atoms with E-state index in [1.165, 1.54) is 0 Å². The fourth-order valence-corrected chi connectivity index (χ4v) is 25.7. The first-order valence-electron chi connectivity index (χ1n) is 12.8. The van der Waals surface area contributed by atoms with Crippen LogP contribution in [-0.4, -0.2) is 33.7 Å². The molecule has 43 heavy (non-hydrogen) atoms. The number of hydrogen-bond donors (Lipinski definition) is 3. The van der Waals surface area contributed by atoms with E-state index in [1.54, 1.807) is 55.1 Å². The van der Waals surface area contributed by atoms with Crippen LogP contribution in [0.15, 0.2) is 162 Å². The maximum absolute atomic E-state index is 12.4. The van der Waals surface area contributed by atoms with Gasteiger partial charge in [0.1, 0.15) is 0 Å². The van der Waals surface area contributed by atoms with Crippen LogP contribution in [0.3, 0.4) is 0 Å². The van der Waals surface area contributed by atoms with Crippen LogP contribution in [0.5, 0.6) is 0 Å². The zero-order valence-corrected chi connectivity index (χ0v) is 28.1. The van der Waals surface area contributed by atoms with E-state index < -0.39 is 16.0 Å². The Labute approximate surface area is 267 Å². The van der Waals surface area contributed by atoms with Gasteiger partial charge in [0.2, 0.25) is 0 Å². The summed E-state index contributed by atoms with van der Waals surface area (Å²) >= 11 is -2.26. The molecule has 0 heterocycles. The summed E-state index contributed by atoms with van der Waals surface area (Å²) < 4.78 is 0. The Morgan fingerprint density at radius 3 is 0.977 bits per heavy atom. The van der Waals surface area contributed by atoms with Crippen molar-refractivity contribution in [2.45, 2.75) is 14.7 Å². The van der Waals surface area contributed by atoms with Gasteiger partial charge in [0.25, 0.3) is 0 Å². The SMILES string of the molecule is C=CC=CNC(=O)c1ccc([S][Sb]([S]c2ccc(C(=O)NC=CC=C)cc2)[S]c2ccc(C(=O)NC=CC=C)cc2)cc1. The van der Waals surface area contributed by atoms with Crippen LogP contribution in [0.4, 0.5) is 0 Å². The van der Waals surface area contributed by atoms with Gasteiger partial charge in [-0.2, -0.15) is 0 Å². The molecule has 0 saturated heterocycles. The van der Waals surface area contributed by atoms with E-state index in [1.807, 2.05) is 99.3 Å². The van der Waals surface area contributed by atoms with Crippen molar-refractivity contribution in [3.8, 4) is 0 Å². The zero-order chi connectivity index (χ0) is 30.9. The van der Waals surface area contributed by atoms with Crippen molar-refractivity contribution in [3.05, 3.63) is 164 Å². The van der Waals surface area contributed by atoms with Crippen molar-refractivity contribution in [1.29, 1.82) is 0 Å². The fraction of sp³-hybridized carbons (Fsp3) is 0. The molecule has 0 saturated carbocycles. The Hall–Kier alpha value is -3.62. The molecular formula is C33H30N3O3S3Sb. The molecule has 0 unspecified atom stereocenters. The van der Waals surface area contributed by atoms with E-state index in [4.69, 9.17) is 0 Å². The topological polar surface area (TPSA) is 87.3 Å². The second-order valence-electron chi connectivity index (χ2n) is 8.28. The number of nitrogens with one attached hydrogen (secondary N) is 3. The molecule has 3 aromatic carbocycles. The minimum absolute atomic E-state index is 0.190. The molecule has 3 rings (SSSR count). The first-order valence-corrected chi connectivity index (χ1v) is 24.5. The third-order valence-electron chi connectivity index (χ3n) is 5.23. The first kappa shape index (κ1) is 33.9. The first-order chi connectivity index (χ1) is 20.9. The molecule has 0 aliphatic carbocycles. The molecule has 3 aromatic rings. The molecule has 0 spiro atoms. The normalized spacial score (nSPS) is 11.1. The molecular weight excluding hydrogens is 704 g/mol. The summed E-state index contributed by atoms with van der Waals surface area (Å²) in [4.78, 5) is 40.3.